The Labute approximate surface area is 175 Å². The summed E-state index contributed by atoms with van der Waals surface area (Å²) < 4.78 is 16.2. The monoisotopic (exact) mass is 432 g/mol. The van der Waals surface area contributed by atoms with Crippen LogP contribution in [0.2, 0.25) is 0 Å². The first-order chi connectivity index (χ1) is 14.8. The van der Waals surface area contributed by atoms with E-state index in [1.165, 1.54) is 42.5 Å². The van der Waals surface area contributed by atoms with Gasteiger partial charge in [-0.05, 0) is 35.9 Å². The molecule has 2 aliphatic rings. The molecule has 31 heavy (non-hydrogen) atoms. The van der Waals surface area contributed by atoms with Crippen LogP contribution in [-0.2, 0) is 4.74 Å². The number of aromatic hydroxyl groups is 2. The summed E-state index contributed by atoms with van der Waals surface area (Å²) in [7, 11) is 0. The first kappa shape index (κ1) is 21.1. The number of carbonyl (C=O) groups excluding carboxylic acids is 1. The molecule has 0 spiro atoms. The fraction of sp³-hybridized carbons (Fsp3) is 0.286. The molecule has 0 bridgehead atoms. The first-order valence-corrected chi connectivity index (χ1v) is 9.36. The van der Waals surface area contributed by atoms with Gasteiger partial charge in [0, 0.05) is 6.07 Å². The van der Waals surface area contributed by atoms with Gasteiger partial charge in [-0.25, -0.2) is 0 Å². The summed E-state index contributed by atoms with van der Waals surface area (Å²) in [6.45, 7) is -0.626. The molecule has 1 saturated heterocycles. The molecule has 2 heterocycles. The number of ether oxygens (including phenoxy) is 3. The van der Waals surface area contributed by atoms with Gasteiger partial charge in [-0.1, -0.05) is 6.07 Å². The molecule has 2 aliphatic heterocycles. The van der Waals surface area contributed by atoms with E-state index >= 15 is 0 Å². The maximum atomic E-state index is 12.5. The molecule has 2 aromatic carbocycles. The quantitative estimate of drug-likeness (QED) is 0.359. The molecule has 6 N–H and O–H groups in total. The molecule has 10 nitrogen and oxygen atoms in total. The van der Waals surface area contributed by atoms with Crippen molar-refractivity contribution in [3.63, 3.8) is 0 Å². The highest BCUT2D eigenvalue weighted by Gasteiger charge is 2.45. The van der Waals surface area contributed by atoms with Crippen LogP contribution in [-0.4, -0.2) is 73.7 Å². The highest BCUT2D eigenvalue weighted by atomic mass is 16.7. The lowest BCUT2D eigenvalue weighted by molar-refractivity contribution is -0.277. The van der Waals surface area contributed by atoms with Crippen molar-refractivity contribution in [2.45, 2.75) is 30.7 Å². The maximum Gasteiger partial charge on any atom is 0.231 e. The molecule has 0 aliphatic carbocycles. The summed E-state index contributed by atoms with van der Waals surface area (Å²) in [6.07, 6.45) is -6.09. The normalized spacial score (nSPS) is 29.0. The minimum Gasteiger partial charge on any atom is -0.508 e. The summed E-state index contributed by atoms with van der Waals surface area (Å²) >= 11 is 0. The fourth-order valence-corrected chi connectivity index (χ4v) is 3.33. The Morgan fingerprint density at radius 2 is 1.77 bits per heavy atom. The minimum atomic E-state index is -1.65. The van der Waals surface area contributed by atoms with Gasteiger partial charge in [0.15, 0.2) is 17.3 Å². The van der Waals surface area contributed by atoms with Gasteiger partial charge in [0.1, 0.15) is 35.9 Å². The second-order valence-electron chi connectivity index (χ2n) is 7.16. The maximum absolute atomic E-state index is 12.5. The number of hydrogen-bond acceptors (Lipinski definition) is 10. The second kappa shape index (κ2) is 8.17. The predicted octanol–water partition coefficient (Wildman–Crippen LogP) is -0.107. The Hall–Kier alpha value is -3.15. The van der Waals surface area contributed by atoms with Gasteiger partial charge in [-0.2, -0.15) is 0 Å². The molecular weight excluding hydrogens is 412 g/mol. The van der Waals surface area contributed by atoms with Crippen molar-refractivity contribution in [1.82, 2.24) is 0 Å². The summed E-state index contributed by atoms with van der Waals surface area (Å²) in [5.41, 5.74) is 0.693. The minimum absolute atomic E-state index is 0.00919. The van der Waals surface area contributed by atoms with Crippen LogP contribution >= 0.6 is 0 Å². The topological polar surface area (TPSA) is 166 Å². The van der Waals surface area contributed by atoms with Crippen molar-refractivity contribution >= 4 is 11.9 Å². The van der Waals surface area contributed by atoms with Gasteiger partial charge >= 0.3 is 0 Å². The van der Waals surface area contributed by atoms with Gasteiger partial charge in [-0.15, -0.1) is 0 Å². The summed E-state index contributed by atoms with van der Waals surface area (Å²) in [4.78, 5) is 12.5. The van der Waals surface area contributed by atoms with Crippen LogP contribution in [0.1, 0.15) is 15.9 Å². The van der Waals surface area contributed by atoms with E-state index in [4.69, 9.17) is 14.2 Å². The zero-order valence-electron chi connectivity index (χ0n) is 16.0. The number of hydrogen-bond donors (Lipinski definition) is 6. The SMILES string of the molecule is O=C1C(=Cc2ccc(O)c(O[C@@H]3O[C@H](CO)[C@@H](O)[C@H](O)[C@H]3O)c2)Oc2cc(O)ccc21. The van der Waals surface area contributed by atoms with Crippen LogP contribution in [0.5, 0.6) is 23.0 Å². The molecule has 5 atom stereocenters. The molecular formula is C21H20O10. The third-order valence-corrected chi connectivity index (χ3v) is 5.03. The standard InChI is InChI=1S/C21H20O10/c22-8-16-18(26)19(27)20(28)21(31-16)30-14-5-9(1-4-12(14)24)6-15-17(25)11-3-2-10(23)7-13(11)29-15/h1-7,16,18-24,26-28H,8H2/t16-,18-,19+,20-,21-/m1/s1. The van der Waals surface area contributed by atoms with Gasteiger partial charge in [0.2, 0.25) is 12.1 Å². The second-order valence-corrected chi connectivity index (χ2v) is 7.16. The summed E-state index contributed by atoms with van der Waals surface area (Å²) in [5, 5.41) is 58.8. The number of rotatable bonds is 4. The molecule has 1 fully saturated rings. The average Bonchev–Trinajstić information content (AvgIpc) is 3.05. The Morgan fingerprint density at radius 3 is 2.52 bits per heavy atom. The van der Waals surface area contributed by atoms with Crippen LogP contribution < -0.4 is 9.47 Å². The molecule has 4 rings (SSSR count). The number of phenolic OH excluding ortho intramolecular Hbond substituents is 2. The number of ketones is 1. The average molecular weight is 432 g/mol. The molecule has 0 unspecified atom stereocenters. The van der Waals surface area contributed by atoms with E-state index in [0.717, 1.165) is 0 Å². The number of Topliss-reactive ketones (excluding diaryl/α,β-unsaturated/α-hetero) is 1. The van der Waals surface area contributed by atoms with E-state index in [0.29, 0.717) is 11.1 Å². The van der Waals surface area contributed by atoms with Crippen molar-refractivity contribution in [2.75, 3.05) is 6.61 Å². The van der Waals surface area contributed by atoms with Crippen LogP contribution in [0, 0.1) is 0 Å². The zero-order valence-corrected chi connectivity index (χ0v) is 16.0. The molecule has 2 aromatic rings. The molecule has 164 valence electrons. The number of carbonyl (C=O) groups is 1. The first-order valence-electron chi connectivity index (χ1n) is 9.36. The Kier molecular flexibility index (Phi) is 5.56. The number of aliphatic hydroxyl groups excluding tert-OH is 4. The third-order valence-electron chi connectivity index (χ3n) is 5.03. The van der Waals surface area contributed by atoms with Gasteiger partial charge in [0.25, 0.3) is 0 Å². The van der Waals surface area contributed by atoms with Crippen LogP contribution in [0.3, 0.4) is 0 Å². The smallest absolute Gasteiger partial charge is 0.231 e. The lowest BCUT2D eigenvalue weighted by Crippen LogP contribution is -2.60. The van der Waals surface area contributed by atoms with E-state index in [2.05, 4.69) is 0 Å². The number of benzene rings is 2. The van der Waals surface area contributed by atoms with Crippen LogP contribution in [0.15, 0.2) is 42.2 Å². The zero-order chi connectivity index (χ0) is 22.3. The van der Waals surface area contributed by atoms with E-state index in [9.17, 15) is 35.4 Å². The molecule has 0 amide bonds. The third kappa shape index (κ3) is 3.94. The van der Waals surface area contributed by atoms with Crippen molar-refractivity contribution in [1.29, 1.82) is 0 Å². The summed E-state index contributed by atoms with van der Waals surface area (Å²) in [5.74, 6) is -0.685. The molecule has 0 saturated carbocycles. The van der Waals surface area contributed by atoms with E-state index in [-0.39, 0.29) is 34.5 Å². The van der Waals surface area contributed by atoms with E-state index in [1.54, 1.807) is 0 Å². The fourth-order valence-electron chi connectivity index (χ4n) is 3.33. The van der Waals surface area contributed by atoms with Crippen molar-refractivity contribution in [3.8, 4) is 23.0 Å². The van der Waals surface area contributed by atoms with Gasteiger partial charge in [-0.3, -0.25) is 4.79 Å². The van der Waals surface area contributed by atoms with Crippen molar-refractivity contribution in [3.05, 3.63) is 53.3 Å². The highest BCUT2D eigenvalue weighted by Crippen LogP contribution is 2.36. The van der Waals surface area contributed by atoms with Crippen molar-refractivity contribution in [2.24, 2.45) is 0 Å². The summed E-state index contributed by atoms with van der Waals surface area (Å²) in [6, 6.07) is 8.25. The van der Waals surface area contributed by atoms with Crippen LogP contribution in [0.4, 0.5) is 0 Å². The Morgan fingerprint density at radius 1 is 1.00 bits per heavy atom. The van der Waals surface area contributed by atoms with E-state index < -0.39 is 37.3 Å². The van der Waals surface area contributed by atoms with Gasteiger partial charge in [0.05, 0.1) is 12.2 Å². The molecule has 0 aromatic heterocycles. The number of fused-ring (bicyclic) bond motifs is 1. The largest absolute Gasteiger partial charge is 0.508 e. The highest BCUT2D eigenvalue weighted by molar-refractivity contribution is 6.14. The Bertz CT molecular complexity index is 1030. The van der Waals surface area contributed by atoms with E-state index in [1.807, 2.05) is 0 Å². The van der Waals surface area contributed by atoms with Crippen molar-refractivity contribution < 1.29 is 49.6 Å². The lowest BCUT2D eigenvalue weighted by Gasteiger charge is -2.39. The Balaban J connectivity index is 1.57. The number of aliphatic hydroxyl groups is 4. The van der Waals surface area contributed by atoms with Crippen LogP contribution in [0.25, 0.3) is 6.08 Å². The number of allylic oxidation sites excluding steroid dienone is 1. The molecule has 10 heteroatoms. The van der Waals surface area contributed by atoms with Gasteiger partial charge < -0.3 is 44.8 Å². The predicted molar refractivity (Wildman–Crippen MR) is 104 cm³/mol. The number of phenols is 2. The lowest BCUT2D eigenvalue weighted by atomic mass is 9.99. The molecule has 0 radical (unpaired) electrons.